The number of primary amides is 2. The average Bonchev–Trinajstić information content (AvgIpc) is 3.26. The molecule has 0 saturated heterocycles. The van der Waals surface area contributed by atoms with Gasteiger partial charge in [-0.2, -0.15) is 0 Å². The standard InChI is InChI=1S/2C22H24N2O8.2C2H6O.2ClH.H2O/c2*1-7-8-5-4-6-9(25)11(8)16(26)12-10(7)17(27)14-15(24(2)3)18(28)13(21(23)31)20(30)22(14,32)19(12)29;2*1-2-3;;;/h2*4-7,10,14-15,17,25-27,30,32H,1-3H3,(H2,23,31);2*3H,2H2,1H3;2*1H;1H2/t2*7-,10+,14+,15-,17-,22-;;;;;/m00...../s1. The van der Waals surface area contributed by atoms with Gasteiger partial charge in [0.1, 0.15) is 45.7 Å². The molecule has 2 fully saturated rings. The van der Waals surface area contributed by atoms with Gasteiger partial charge < -0.3 is 78.2 Å². The van der Waals surface area contributed by atoms with Gasteiger partial charge in [0.2, 0.25) is 11.6 Å². The van der Waals surface area contributed by atoms with Gasteiger partial charge in [-0.15, -0.1) is 24.8 Å². The van der Waals surface area contributed by atoms with Crippen LogP contribution in [0.4, 0.5) is 0 Å². The zero-order chi connectivity index (χ0) is 53.1. The molecule has 0 aromatic heterocycles. The number of hydrogen-bond donors (Lipinski definition) is 14. The number of phenols is 2. The highest BCUT2D eigenvalue weighted by Crippen LogP contribution is 2.58. The maximum absolute atomic E-state index is 13.7. The molecule has 0 unspecified atom stereocenters. The molecule has 8 rings (SSSR count). The van der Waals surface area contributed by atoms with Crippen molar-refractivity contribution < 1.29 is 95.5 Å². The largest absolute Gasteiger partial charge is 0.508 e. The molecule has 23 nitrogen and oxygen atoms in total. The van der Waals surface area contributed by atoms with Crippen LogP contribution in [0.2, 0.25) is 0 Å². The van der Waals surface area contributed by atoms with Crippen LogP contribution in [0.5, 0.6) is 11.5 Å². The number of phenolic OH excluding ortho intramolecular Hbond substituents is 2. The van der Waals surface area contributed by atoms with Crippen LogP contribution < -0.4 is 11.5 Å². The summed E-state index contributed by atoms with van der Waals surface area (Å²) in [4.78, 5) is 79.9. The number of amides is 2. The molecule has 0 radical (unpaired) electrons. The Kier molecular flexibility index (Phi) is 20.0. The number of halogens is 2. The SMILES string of the molecule is CCO.CCO.C[C@H]1c2cccc(O)c2C(O)=C2C(=O)[C@]3(O)C(O)=C(C(N)=O)C(=O)[C@@H](N(C)C)[C@@H]3[C@@H](O)[C@@H]21.C[C@H]1c2cccc(O)c2C(O)=C2C(=O)[C@]3(O)C(O)=C(C(N)=O)C(=O)[C@@H](N(C)C)[C@@H]3[C@@H](O)[C@@H]21.Cl.Cl.O. The second-order valence-corrected chi connectivity index (χ2v) is 18.2. The van der Waals surface area contributed by atoms with E-state index in [2.05, 4.69) is 0 Å². The first-order valence-electron chi connectivity index (χ1n) is 22.1. The van der Waals surface area contributed by atoms with Gasteiger partial charge in [-0.25, -0.2) is 0 Å². The number of rotatable bonds is 4. The molecule has 2 aromatic rings. The van der Waals surface area contributed by atoms with Gasteiger partial charge in [-0.05, 0) is 77.1 Å². The van der Waals surface area contributed by atoms with Crippen molar-refractivity contribution in [2.45, 2.75) is 75.0 Å². The lowest BCUT2D eigenvalue weighted by atomic mass is 9.54. The zero-order valence-electron chi connectivity index (χ0n) is 40.8. The van der Waals surface area contributed by atoms with E-state index < -0.39 is 151 Å². The molecule has 0 bridgehead atoms. The van der Waals surface area contributed by atoms with Gasteiger partial charge in [-0.1, -0.05) is 38.1 Å². The molecule has 6 aliphatic carbocycles. The predicted octanol–water partition coefficient (Wildman–Crippen LogP) is -0.992. The topological polar surface area (TPSA) is 435 Å². The quantitative estimate of drug-likeness (QED) is 0.163. The second-order valence-electron chi connectivity index (χ2n) is 18.2. The number of carbonyl (C=O) groups excluding carboxylic acids is 6. The lowest BCUT2D eigenvalue weighted by Crippen LogP contribution is -2.70. The number of Topliss-reactive ketones (excluding diaryl/α,β-unsaturated/α-hetero) is 4. The number of fused-ring (bicyclic) bond motifs is 6. The number of carbonyl (C=O) groups is 6. The molecule has 12 atom stereocenters. The molecular weight excluding hydrogens is 1010 g/mol. The molecular formula is C48H64Cl2N4O19. The molecule has 2 saturated carbocycles. The van der Waals surface area contributed by atoms with Crippen molar-refractivity contribution in [2.24, 2.45) is 35.1 Å². The van der Waals surface area contributed by atoms with Crippen molar-refractivity contribution in [3.05, 3.63) is 92.5 Å². The third-order valence-electron chi connectivity index (χ3n) is 14.0. The van der Waals surface area contributed by atoms with Crippen LogP contribution in [0.15, 0.2) is 70.2 Å². The van der Waals surface area contributed by atoms with E-state index >= 15 is 0 Å². The van der Waals surface area contributed by atoms with Crippen LogP contribution in [0, 0.1) is 23.7 Å². The van der Waals surface area contributed by atoms with Gasteiger partial charge in [0.05, 0.1) is 47.3 Å². The molecule has 0 spiro atoms. The van der Waals surface area contributed by atoms with Crippen molar-refractivity contribution in [2.75, 3.05) is 41.4 Å². The minimum Gasteiger partial charge on any atom is -0.508 e. The van der Waals surface area contributed by atoms with Crippen molar-refractivity contribution in [1.29, 1.82) is 0 Å². The van der Waals surface area contributed by atoms with Crippen molar-refractivity contribution in [3.63, 3.8) is 0 Å². The Morgan fingerprint density at radius 2 is 0.863 bits per heavy atom. The van der Waals surface area contributed by atoms with Crippen LogP contribution >= 0.6 is 24.8 Å². The number of ketones is 4. The summed E-state index contributed by atoms with van der Waals surface area (Å²) in [6.07, 6.45) is -3.18. The monoisotopic (exact) mass is 1070 g/mol. The minimum absolute atomic E-state index is 0. The summed E-state index contributed by atoms with van der Waals surface area (Å²) in [7, 11) is 5.84. The van der Waals surface area contributed by atoms with E-state index in [1.165, 1.54) is 50.1 Å². The zero-order valence-corrected chi connectivity index (χ0v) is 42.5. The van der Waals surface area contributed by atoms with Gasteiger partial charge in [0.25, 0.3) is 11.8 Å². The highest BCUT2D eigenvalue weighted by atomic mass is 35.5. The van der Waals surface area contributed by atoms with Gasteiger partial charge >= 0.3 is 0 Å². The molecule has 73 heavy (non-hydrogen) atoms. The Balaban J connectivity index is 0.000000435. The normalized spacial score (nSPS) is 30.6. The summed E-state index contributed by atoms with van der Waals surface area (Å²) in [5.41, 5.74) is 2.94. The van der Waals surface area contributed by atoms with Crippen LogP contribution in [-0.2, 0) is 28.8 Å². The van der Waals surface area contributed by atoms with E-state index in [0.29, 0.717) is 11.1 Å². The Hall–Kier alpha value is -5.96. The third-order valence-corrected chi connectivity index (χ3v) is 14.0. The number of hydrogen-bond acceptors (Lipinski definition) is 20. The van der Waals surface area contributed by atoms with Gasteiger partial charge in [0, 0.05) is 36.2 Å². The van der Waals surface area contributed by atoms with E-state index in [9.17, 15) is 79.8 Å². The average molecular weight is 1070 g/mol. The maximum atomic E-state index is 13.7. The number of aromatic hydroxyl groups is 2. The highest BCUT2D eigenvalue weighted by molar-refractivity contribution is 6.26. The molecule has 25 heteroatoms. The lowest BCUT2D eigenvalue weighted by molar-refractivity contribution is -0.170. The lowest BCUT2D eigenvalue weighted by Gasteiger charge is -2.53. The molecule has 404 valence electrons. The first kappa shape index (κ1) is 63.2. The summed E-state index contributed by atoms with van der Waals surface area (Å²) in [6.45, 7) is 7.21. The highest BCUT2D eigenvalue weighted by Gasteiger charge is 2.70. The first-order valence-corrected chi connectivity index (χ1v) is 22.1. The fraction of sp³-hybridized carbons (Fsp3) is 0.458. The number of nitrogens with two attached hydrogens (primary N) is 2. The van der Waals surface area contributed by atoms with Crippen LogP contribution in [0.3, 0.4) is 0 Å². The first-order chi connectivity index (χ1) is 32.6. The molecule has 2 aromatic carbocycles. The van der Waals surface area contributed by atoms with E-state index in [4.69, 9.17) is 21.7 Å². The summed E-state index contributed by atoms with van der Waals surface area (Å²) >= 11 is 0. The Morgan fingerprint density at radius 3 is 1.11 bits per heavy atom. The van der Waals surface area contributed by atoms with E-state index in [1.807, 2.05) is 0 Å². The van der Waals surface area contributed by atoms with Crippen LogP contribution in [0.1, 0.15) is 61.8 Å². The maximum Gasteiger partial charge on any atom is 0.255 e. The number of aliphatic hydroxyl groups is 10. The van der Waals surface area contributed by atoms with E-state index in [1.54, 1.807) is 52.0 Å². The molecule has 0 heterocycles. The van der Waals surface area contributed by atoms with E-state index in [0.717, 1.165) is 0 Å². The summed E-state index contributed by atoms with van der Waals surface area (Å²) in [5, 5.41) is 125. The molecule has 2 amide bonds. The minimum atomic E-state index is -2.89. The van der Waals surface area contributed by atoms with Crippen LogP contribution in [-0.4, -0.2) is 188 Å². The fourth-order valence-electron chi connectivity index (χ4n) is 11.2. The number of benzene rings is 2. The van der Waals surface area contributed by atoms with Gasteiger partial charge in [-0.3, -0.25) is 38.6 Å². The number of nitrogens with zero attached hydrogens (tertiary/aromatic N) is 2. The number of aliphatic hydroxyl groups excluding tert-OH is 8. The van der Waals surface area contributed by atoms with Crippen molar-refractivity contribution >= 4 is 71.3 Å². The molecule has 6 aliphatic rings. The predicted molar refractivity (Wildman–Crippen MR) is 264 cm³/mol. The summed E-state index contributed by atoms with van der Waals surface area (Å²) in [5.74, 6) is -17.7. The van der Waals surface area contributed by atoms with Crippen molar-refractivity contribution in [3.8, 4) is 11.5 Å². The van der Waals surface area contributed by atoms with Crippen LogP contribution in [0.25, 0.3) is 11.5 Å². The molecule has 0 aliphatic heterocycles. The van der Waals surface area contributed by atoms with Gasteiger partial charge in [0.15, 0.2) is 22.8 Å². The van der Waals surface area contributed by atoms with Crippen molar-refractivity contribution in [1.82, 2.24) is 9.80 Å². The summed E-state index contributed by atoms with van der Waals surface area (Å²) in [6, 6.07) is 6.26. The molecule has 18 N–H and O–H groups in total. The third kappa shape index (κ3) is 9.37. The Labute approximate surface area is 430 Å². The number of likely N-dealkylation sites (N-methyl/N-ethyl adjacent to an activating group) is 2. The Bertz CT molecular complexity index is 2510. The smallest absolute Gasteiger partial charge is 0.255 e. The fourth-order valence-corrected chi connectivity index (χ4v) is 11.2. The Morgan fingerprint density at radius 1 is 0.589 bits per heavy atom. The summed E-state index contributed by atoms with van der Waals surface area (Å²) < 4.78 is 0. The second kappa shape index (κ2) is 23.1. The van der Waals surface area contributed by atoms with E-state index in [-0.39, 0.29) is 66.1 Å².